The van der Waals surface area contributed by atoms with Gasteiger partial charge in [0.15, 0.2) is 0 Å². The average Bonchev–Trinajstić information content (AvgIpc) is 2.90. The van der Waals surface area contributed by atoms with E-state index in [1.165, 1.54) is 4.68 Å². The minimum atomic E-state index is -0.0912. The van der Waals surface area contributed by atoms with E-state index in [9.17, 15) is 9.59 Å². The summed E-state index contributed by atoms with van der Waals surface area (Å²) in [5.74, 6) is 0.945. The first-order chi connectivity index (χ1) is 11.5. The third-order valence-corrected chi connectivity index (χ3v) is 4.59. The van der Waals surface area contributed by atoms with Crippen LogP contribution in [-0.2, 0) is 7.05 Å². The number of aromatic nitrogens is 3. The van der Waals surface area contributed by atoms with E-state index in [0.29, 0.717) is 12.1 Å². The fourth-order valence-corrected chi connectivity index (χ4v) is 3.40. The second kappa shape index (κ2) is 6.63. The van der Waals surface area contributed by atoms with Gasteiger partial charge in [-0.25, -0.2) is 9.48 Å². The number of amides is 1. The first-order valence-electron chi connectivity index (χ1n) is 8.48. The summed E-state index contributed by atoms with van der Waals surface area (Å²) in [5, 5.41) is 4.45. The van der Waals surface area contributed by atoms with Gasteiger partial charge >= 0.3 is 5.69 Å². The molecule has 6 nitrogen and oxygen atoms in total. The molecule has 24 heavy (non-hydrogen) atoms. The highest BCUT2D eigenvalue weighted by Gasteiger charge is 2.30. The normalized spacial score (nSPS) is 18.2. The molecule has 0 aliphatic carbocycles. The lowest BCUT2D eigenvalue weighted by Gasteiger charge is -2.32. The third-order valence-electron chi connectivity index (χ3n) is 4.59. The van der Waals surface area contributed by atoms with Crippen molar-refractivity contribution in [2.45, 2.75) is 38.6 Å². The fourth-order valence-electron chi connectivity index (χ4n) is 3.40. The average molecular weight is 328 g/mol. The molecule has 1 unspecified atom stereocenters. The van der Waals surface area contributed by atoms with Crippen molar-refractivity contribution < 1.29 is 4.79 Å². The van der Waals surface area contributed by atoms with Gasteiger partial charge in [0.2, 0.25) is 0 Å². The van der Waals surface area contributed by atoms with E-state index in [2.05, 4.69) is 5.10 Å². The van der Waals surface area contributed by atoms with E-state index in [1.54, 1.807) is 11.6 Å². The van der Waals surface area contributed by atoms with Gasteiger partial charge in [0.25, 0.3) is 5.91 Å². The lowest BCUT2D eigenvalue weighted by atomic mass is 9.96. The minimum absolute atomic E-state index is 0.0506. The summed E-state index contributed by atoms with van der Waals surface area (Å²) < 4.78 is 3.15. The first kappa shape index (κ1) is 16.5. The van der Waals surface area contributed by atoms with Crippen LogP contribution in [0, 0.1) is 0 Å². The number of hydrogen-bond acceptors (Lipinski definition) is 3. The molecule has 0 N–H and O–H groups in total. The van der Waals surface area contributed by atoms with Crippen LogP contribution in [0.4, 0.5) is 0 Å². The van der Waals surface area contributed by atoms with Gasteiger partial charge in [-0.15, -0.1) is 0 Å². The summed E-state index contributed by atoms with van der Waals surface area (Å²) in [6.07, 6.45) is 1.87. The maximum Gasteiger partial charge on any atom is 0.345 e. The van der Waals surface area contributed by atoms with Crippen molar-refractivity contribution in [2.24, 2.45) is 7.05 Å². The highest BCUT2D eigenvalue weighted by molar-refractivity contribution is 5.94. The number of nitrogens with zero attached hydrogens (tertiary/aromatic N) is 4. The maximum absolute atomic E-state index is 12.7. The van der Waals surface area contributed by atoms with Crippen LogP contribution in [0.1, 0.15) is 54.8 Å². The molecule has 2 heterocycles. The number of rotatable bonds is 3. The molecule has 1 aliphatic rings. The summed E-state index contributed by atoms with van der Waals surface area (Å²) in [6.45, 7) is 5.34. The number of carbonyl (C=O) groups excluding carboxylic acids is 1. The van der Waals surface area contributed by atoms with Crippen LogP contribution in [0.3, 0.4) is 0 Å². The second-order valence-electron chi connectivity index (χ2n) is 6.68. The molecule has 0 spiro atoms. The van der Waals surface area contributed by atoms with Gasteiger partial charge in [-0.1, -0.05) is 18.2 Å². The molecule has 1 aliphatic heterocycles. The molecule has 0 saturated carbocycles. The minimum Gasteiger partial charge on any atom is -0.338 e. The summed E-state index contributed by atoms with van der Waals surface area (Å²) in [5.41, 5.74) is 0.618. The lowest BCUT2D eigenvalue weighted by Crippen LogP contribution is -2.40. The number of aryl methyl sites for hydroxylation is 1. The van der Waals surface area contributed by atoms with Gasteiger partial charge in [0.1, 0.15) is 5.82 Å². The summed E-state index contributed by atoms with van der Waals surface area (Å²) >= 11 is 0. The number of carbonyl (C=O) groups is 1. The van der Waals surface area contributed by atoms with Crippen molar-refractivity contribution in [1.82, 2.24) is 19.2 Å². The molecule has 1 fully saturated rings. The van der Waals surface area contributed by atoms with E-state index >= 15 is 0 Å². The molecule has 0 bridgehead atoms. The van der Waals surface area contributed by atoms with Crippen LogP contribution in [0.25, 0.3) is 0 Å². The molecule has 128 valence electrons. The number of hydrogen-bond donors (Lipinski definition) is 0. The van der Waals surface area contributed by atoms with Crippen molar-refractivity contribution in [2.75, 3.05) is 13.1 Å². The Morgan fingerprint density at radius 3 is 2.62 bits per heavy atom. The van der Waals surface area contributed by atoms with E-state index in [4.69, 9.17) is 0 Å². The second-order valence-corrected chi connectivity index (χ2v) is 6.68. The van der Waals surface area contributed by atoms with Crippen LogP contribution in [0.15, 0.2) is 35.1 Å². The molecule has 1 amide bonds. The lowest BCUT2D eigenvalue weighted by molar-refractivity contribution is 0.0703. The Balaban J connectivity index is 1.86. The Kier molecular flexibility index (Phi) is 4.55. The number of benzene rings is 1. The summed E-state index contributed by atoms with van der Waals surface area (Å²) in [6, 6.07) is 9.41. The molecule has 2 aromatic rings. The van der Waals surface area contributed by atoms with E-state index < -0.39 is 0 Å². The van der Waals surface area contributed by atoms with Gasteiger partial charge in [0, 0.05) is 37.7 Å². The van der Waals surface area contributed by atoms with Crippen molar-refractivity contribution in [1.29, 1.82) is 0 Å². The fraction of sp³-hybridized carbons (Fsp3) is 0.500. The van der Waals surface area contributed by atoms with Gasteiger partial charge in [-0.05, 0) is 38.8 Å². The van der Waals surface area contributed by atoms with Gasteiger partial charge < -0.3 is 4.90 Å². The highest BCUT2D eigenvalue weighted by Crippen LogP contribution is 2.27. The maximum atomic E-state index is 12.7. The first-order valence-corrected chi connectivity index (χ1v) is 8.48. The van der Waals surface area contributed by atoms with Crippen LogP contribution < -0.4 is 5.69 Å². The zero-order chi connectivity index (χ0) is 17.3. The van der Waals surface area contributed by atoms with Crippen molar-refractivity contribution in [3.63, 3.8) is 0 Å². The highest BCUT2D eigenvalue weighted by atomic mass is 16.2. The van der Waals surface area contributed by atoms with Crippen molar-refractivity contribution >= 4 is 5.91 Å². The van der Waals surface area contributed by atoms with E-state index in [-0.39, 0.29) is 23.6 Å². The van der Waals surface area contributed by atoms with E-state index in [0.717, 1.165) is 25.2 Å². The third kappa shape index (κ3) is 3.00. The Hall–Kier alpha value is -2.37. The zero-order valence-electron chi connectivity index (χ0n) is 14.5. The summed E-state index contributed by atoms with van der Waals surface area (Å²) in [7, 11) is 1.68. The molecule has 1 aromatic carbocycles. The Labute approximate surface area is 141 Å². The predicted molar refractivity (Wildman–Crippen MR) is 92.2 cm³/mol. The molecule has 0 radical (unpaired) electrons. The quantitative estimate of drug-likeness (QED) is 0.868. The summed E-state index contributed by atoms with van der Waals surface area (Å²) in [4.78, 5) is 26.9. The monoisotopic (exact) mass is 328 g/mol. The largest absolute Gasteiger partial charge is 0.345 e. The molecule has 6 heteroatoms. The van der Waals surface area contributed by atoms with Crippen molar-refractivity contribution in [3.8, 4) is 0 Å². The molecular formula is C18H24N4O2. The van der Waals surface area contributed by atoms with Gasteiger partial charge in [-0.2, -0.15) is 5.10 Å². The smallest absolute Gasteiger partial charge is 0.338 e. The Morgan fingerprint density at radius 1 is 1.25 bits per heavy atom. The van der Waals surface area contributed by atoms with Crippen LogP contribution in [0.2, 0.25) is 0 Å². The molecule has 1 atom stereocenters. The molecule has 1 aromatic heterocycles. The van der Waals surface area contributed by atoms with Crippen molar-refractivity contribution in [3.05, 3.63) is 52.2 Å². The van der Waals surface area contributed by atoms with Crippen LogP contribution in [0.5, 0.6) is 0 Å². The topological polar surface area (TPSA) is 60.1 Å². The van der Waals surface area contributed by atoms with Crippen LogP contribution >= 0.6 is 0 Å². The molecular weight excluding hydrogens is 304 g/mol. The zero-order valence-corrected chi connectivity index (χ0v) is 14.5. The molecule has 1 saturated heterocycles. The van der Waals surface area contributed by atoms with E-state index in [1.807, 2.05) is 49.1 Å². The van der Waals surface area contributed by atoms with Gasteiger partial charge in [-0.3, -0.25) is 9.36 Å². The van der Waals surface area contributed by atoms with Crippen LogP contribution in [-0.4, -0.2) is 38.2 Å². The number of likely N-dealkylation sites (tertiary alicyclic amines) is 1. The Bertz CT molecular complexity index is 776. The Morgan fingerprint density at radius 2 is 1.96 bits per heavy atom. The SMILES string of the molecule is CC(C)n1c(C2CCCN(C(=O)c3ccccc3)C2)nn(C)c1=O. The van der Waals surface area contributed by atoms with Gasteiger partial charge in [0.05, 0.1) is 0 Å². The predicted octanol–water partition coefficient (Wildman–Crippen LogP) is 2.18. The molecule has 3 rings (SSSR count). The standard InChI is InChI=1S/C18H24N4O2/c1-13(2)22-16(19-20(3)18(22)24)15-10-7-11-21(12-15)17(23)14-8-5-4-6-9-14/h4-6,8-9,13,15H,7,10-12H2,1-3H3. The number of piperidine rings is 1.